The molecule has 2 rings (SSSR count). The predicted molar refractivity (Wildman–Crippen MR) is 69.7 cm³/mol. The van der Waals surface area contributed by atoms with E-state index in [9.17, 15) is 4.79 Å². The number of methoxy groups -OCH3 is 1. The number of nitrogens with one attached hydrogen (secondary N) is 2. The maximum atomic E-state index is 11.5. The van der Waals surface area contributed by atoms with Gasteiger partial charge in [0.1, 0.15) is 5.69 Å². The third-order valence-corrected chi connectivity index (χ3v) is 3.33. The van der Waals surface area contributed by atoms with Crippen molar-refractivity contribution in [2.45, 2.75) is 31.4 Å². The van der Waals surface area contributed by atoms with Gasteiger partial charge in [-0.15, -0.1) is 0 Å². The Balaban J connectivity index is 2.07. The summed E-state index contributed by atoms with van der Waals surface area (Å²) in [5, 5.41) is 5.98. The summed E-state index contributed by atoms with van der Waals surface area (Å²) in [6, 6.07) is 3.95. The molecule has 0 saturated heterocycles. The van der Waals surface area contributed by atoms with Gasteiger partial charge in [0.25, 0.3) is 5.91 Å². The molecule has 2 unspecified atom stereocenters. The van der Waals surface area contributed by atoms with Crippen molar-refractivity contribution >= 4 is 11.6 Å². The molecule has 1 saturated carbocycles. The number of amides is 1. The highest BCUT2D eigenvalue weighted by Gasteiger charge is 2.26. The molecule has 0 radical (unpaired) electrons. The SMILES string of the molecule is CNC(=O)c1cc(NC2CCCC2OC)ccn1. The van der Waals surface area contributed by atoms with E-state index in [1.807, 2.05) is 6.07 Å². The summed E-state index contributed by atoms with van der Waals surface area (Å²) in [7, 11) is 3.34. The first kappa shape index (κ1) is 12.8. The number of rotatable bonds is 4. The van der Waals surface area contributed by atoms with E-state index in [0.717, 1.165) is 18.5 Å². The highest BCUT2D eigenvalue weighted by atomic mass is 16.5. The van der Waals surface area contributed by atoms with Crippen LogP contribution in [0.3, 0.4) is 0 Å². The summed E-state index contributed by atoms with van der Waals surface area (Å²) in [6.45, 7) is 0. The molecule has 0 spiro atoms. The van der Waals surface area contributed by atoms with Crippen molar-refractivity contribution in [3.05, 3.63) is 24.0 Å². The first-order valence-corrected chi connectivity index (χ1v) is 6.22. The molecule has 98 valence electrons. The minimum absolute atomic E-state index is 0.173. The third kappa shape index (κ3) is 2.79. The van der Waals surface area contributed by atoms with Crippen molar-refractivity contribution < 1.29 is 9.53 Å². The number of hydrogen-bond donors (Lipinski definition) is 2. The van der Waals surface area contributed by atoms with Crippen LogP contribution in [0.1, 0.15) is 29.8 Å². The molecular weight excluding hydrogens is 230 g/mol. The van der Waals surface area contributed by atoms with Crippen LogP contribution in [0, 0.1) is 0 Å². The Labute approximate surface area is 107 Å². The van der Waals surface area contributed by atoms with Crippen LogP contribution < -0.4 is 10.6 Å². The molecule has 1 fully saturated rings. The lowest BCUT2D eigenvalue weighted by molar-refractivity contribution is 0.0958. The number of nitrogens with zero attached hydrogens (tertiary/aromatic N) is 1. The van der Waals surface area contributed by atoms with Crippen LogP contribution in [0.5, 0.6) is 0 Å². The van der Waals surface area contributed by atoms with E-state index in [2.05, 4.69) is 15.6 Å². The van der Waals surface area contributed by atoms with Crippen molar-refractivity contribution in [1.82, 2.24) is 10.3 Å². The van der Waals surface area contributed by atoms with Gasteiger partial charge in [-0.25, -0.2) is 0 Å². The monoisotopic (exact) mass is 249 g/mol. The standard InChI is InChI=1S/C13H19N3O2/c1-14-13(17)11-8-9(6-7-15-11)16-10-4-3-5-12(10)18-2/h6-8,10,12H,3-5H2,1-2H3,(H,14,17)(H,15,16). The van der Waals surface area contributed by atoms with Gasteiger partial charge < -0.3 is 15.4 Å². The number of pyridine rings is 1. The molecule has 1 aliphatic carbocycles. The van der Waals surface area contributed by atoms with E-state index in [1.54, 1.807) is 26.4 Å². The maximum absolute atomic E-state index is 11.5. The first-order valence-electron chi connectivity index (χ1n) is 6.22. The molecule has 1 aliphatic rings. The fourth-order valence-electron chi connectivity index (χ4n) is 2.36. The molecule has 1 aromatic rings. The Kier molecular flexibility index (Phi) is 4.15. The molecule has 1 amide bonds. The predicted octanol–water partition coefficient (Wildman–Crippen LogP) is 1.42. The smallest absolute Gasteiger partial charge is 0.269 e. The Bertz CT molecular complexity index is 422. The van der Waals surface area contributed by atoms with Crippen LogP contribution in [-0.4, -0.2) is 37.2 Å². The van der Waals surface area contributed by atoms with Gasteiger partial charge in [-0.05, 0) is 31.4 Å². The topological polar surface area (TPSA) is 63.2 Å². The minimum atomic E-state index is -0.173. The molecule has 0 bridgehead atoms. The summed E-state index contributed by atoms with van der Waals surface area (Å²) >= 11 is 0. The zero-order chi connectivity index (χ0) is 13.0. The van der Waals surface area contributed by atoms with Crippen LogP contribution in [-0.2, 0) is 4.74 Å². The zero-order valence-corrected chi connectivity index (χ0v) is 10.8. The number of anilines is 1. The van der Waals surface area contributed by atoms with E-state index in [4.69, 9.17) is 4.74 Å². The second kappa shape index (κ2) is 5.82. The fourth-order valence-corrected chi connectivity index (χ4v) is 2.36. The zero-order valence-electron chi connectivity index (χ0n) is 10.8. The molecule has 0 aliphatic heterocycles. The van der Waals surface area contributed by atoms with E-state index in [0.29, 0.717) is 11.7 Å². The number of hydrogen-bond acceptors (Lipinski definition) is 4. The molecule has 18 heavy (non-hydrogen) atoms. The Morgan fingerprint density at radius 1 is 1.50 bits per heavy atom. The van der Waals surface area contributed by atoms with Crippen LogP contribution in [0.2, 0.25) is 0 Å². The van der Waals surface area contributed by atoms with Crippen molar-refractivity contribution in [1.29, 1.82) is 0 Å². The van der Waals surface area contributed by atoms with Crippen molar-refractivity contribution in [3.63, 3.8) is 0 Å². The van der Waals surface area contributed by atoms with Gasteiger partial charge >= 0.3 is 0 Å². The lowest BCUT2D eigenvalue weighted by Crippen LogP contribution is -2.30. The summed E-state index contributed by atoms with van der Waals surface area (Å²) in [4.78, 5) is 15.5. The quantitative estimate of drug-likeness (QED) is 0.847. The third-order valence-electron chi connectivity index (χ3n) is 3.33. The van der Waals surface area contributed by atoms with Crippen LogP contribution >= 0.6 is 0 Å². The van der Waals surface area contributed by atoms with Crippen LogP contribution in [0.25, 0.3) is 0 Å². The number of ether oxygens (including phenoxy) is 1. The van der Waals surface area contributed by atoms with Gasteiger partial charge in [0, 0.05) is 26.0 Å². The molecule has 2 atom stereocenters. The molecule has 1 aromatic heterocycles. The maximum Gasteiger partial charge on any atom is 0.269 e. The Morgan fingerprint density at radius 2 is 2.33 bits per heavy atom. The van der Waals surface area contributed by atoms with Gasteiger partial charge in [-0.1, -0.05) is 0 Å². The number of carbonyl (C=O) groups is 1. The summed E-state index contributed by atoms with van der Waals surface area (Å²) in [6.07, 6.45) is 5.24. The van der Waals surface area contributed by atoms with Crippen molar-refractivity contribution in [2.75, 3.05) is 19.5 Å². The average molecular weight is 249 g/mol. The largest absolute Gasteiger partial charge is 0.380 e. The normalized spacial score (nSPS) is 22.8. The molecule has 5 nitrogen and oxygen atoms in total. The highest BCUT2D eigenvalue weighted by molar-refractivity contribution is 5.92. The Hall–Kier alpha value is -1.62. The van der Waals surface area contributed by atoms with Crippen molar-refractivity contribution in [3.8, 4) is 0 Å². The van der Waals surface area contributed by atoms with Gasteiger partial charge in [0.15, 0.2) is 0 Å². The fraction of sp³-hybridized carbons (Fsp3) is 0.538. The lowest BCUT2D eigenvalue weighted by Gasteiger charge is -2.20. The molecule has 5 heteroatoms. The molecular formula is C13H19N3O2. The summed E-state index contributed by atoms with van der Waals surface area (Å²) < 4.78 is 5.44. The van der Waals surface area contributed by atoms with Gasteiger partial charge in [-0.3, -0.25) is 9.78 Å². The van der Waals surface area contributed by atoms with Crippen LogP contribution in [0.15, 0.2) is 18.3 Å². The van der Waals surface area contributed by atoms with E-state index in [-0.39, 0.29) is 12.0 Å². The number of carbonyl (C=O) groups excluding carboxylic acids is 1. The summed E-state index contributed by atoms with van der Waals surface area (Å²) in [5.41, 5.74) is 1.34. The Morgan fingerprint density at radius 3 is 3.06 bits per heavy atom. The van der Waals surface area contributed by atoms with Gasteiger partial charge in [0.2, 0.25) is 0 Å². The van der Waals surface area contributed by atoms with E-state index in [1.165, 1.54) is 6.42 Å². The first-order chi connectivity index (χ1) is 8.74. The van der Waals surface area contributed by atoms with E-state index >= 15 is 0 Å². The lowest BCUT2D eigenvalue weighted by atomic mass is 10.2. The van der Waals surface area contributed by atoms with E-state index < -0.39 is 0 Å². The van der Waals surface area contributed by atoms with Crippen molar-refractivity contribution in [2.24, 2.45) is 0 Å². The number of aromatic nitrogens is 1. The molecule has 0 aromatic carbocycles. The molecule has 2 N–H and O–H groups in total. The minimum Gasteiger partial charge on any atom is -0.380 e. The molecule has 1 heterocycles. The van der Waals surface area contributed by atoms with Crippen LogP contribution in [0.4, 0.5) is 5.69 Å². The second-order valence-electron chi connectivity index (χ2n) is 4.46. The van der Waals surface area contributed by atoms with Gasteiger partial charge in [-0.2, -0.15) is 0 Å². The average Bonchev–Trinajstić information content (AvgIpc) is 2.85. The second-order valence-corrected chi connectivity index (χ2v) is 4.46. The summed E-state index contributed by atoms with van der Waals surface area (Å²) in [5.74, 6) is -0.173. The highest BCUT2D eigenvalue weighted by Crippen LogP contribution is 2.25. The van der Waals surface area contributed by atoms with Gasteiger partial charge in [0.05, 0.1) is 12.1 Å².